The van der Waals surface area contributed by atoms with Crippen molar-refractivity contribution in [1.29, 1.82) is 0 Å². The molecule has 0 spiro atoms. The molecule has 0 atom stereocenters. The molecule has 0 saturated heterocycles. The van der Waals surface area contributed by atoms with Crippen LogP contribution in [0.4, 0.5) is 0 Å². The van der Waals surface area contributed by atoms with Gasteiger partial charge in [0.15, 0.2) is 6.61 Å². The monoisotopic (exact) mass is 420 g/mol. The second kappa shape index (κ2) is 9.43. The minimum absolute atomic E-state index is 0.00991. The predicted molar refractivity (Wildman–Crippen MR) is 92.6 cm³/mol. The average molecular weight is 422 g/mol. The van der Waals surface area contributed by atoms with Crippen LogP contribution in [0.3, 0.4) is 0 Å². The smallest absolute Gasteiger partial charge is 0.257 e. The van der Waals surface area contributed by atoms with E-state index in [4.69, 9.17) is 4.74 Å². The van der Waals surface area contributed by atoms with Gasteiger partial charge in [0, 0.05) is 13.1 Å². The zero-order valence-corrected chi connectivity index (χ0v) is 15.8. The molecule has 2 N–H and O–H groups in total. The Kier molecular flexibility index (Phi) is 8.29. The van der Waals surface area contributed by atoms with Gasteiger partial charge in [0.05, 0.1) is 8.95 Å². The topological polar surface area (TPSA) is 50.4 Å². The molecule has 0 aliphatic heterocycles. The van der Waals surface area contributed by atoms with Crippen LogP contribution >= 0.6 is 31.9 Å². The molecule has 0 unspecified atom stereocenters. The highest BCUT2D eigenvalue weighted by molar-refractivity contribution is 9.11. The second-order valence-corrected chi connectivity index (χ2v) is 6.86. The molecular formula is C15H22Br2N2O2. The average Bonchev–Trinajstić information content (AvgIpc) is 2.37. The number of carbonyl (C=O) groups is 1. The summed E-state index contributed by atoms with van der Waals surface area (Å²) < 4.78 is 7.22. The molecule has 0 heterocycles. The van der Waals surface area contributed by atoms with Crippen LogP contribution in [0.2, 0.25) is 0 Å². The highest BCUT2D eigenvalue weighted by Gasteiger charge is 2.11. The first kappa shape index (κ1) is 18.5. The zero-order valence-electron chi connectivity index (χ0n) is 12.6. The van der Waals surface area contributed by atoms with Crippen molar-refractivity contribution in [3.63, 3.8) is 0 Å². The van der Waals surface area contributed by atoms with E-state index in [0.717, 1.165) is 27.6 Å². The number of hydrogen-bond acceptors (Lipinski definition) is 3. The minimum atomic E-state index is -0.126. The standard InChI is InChI=1S/C15H22Br2N2O2/c1-4-19-14(20)9-21-15-12(16)5-11(6-13(15)17)8-18-7-10(2)3/h5-6,10,18H,4,7-9H2,1-3H3,(H,19,20). The van der Waals surface area contributed by atoms with Gasteiger partial charge in [-0.15, -0.1) is 0 Å². The number of amides is 1. The van der Waals surface area contributed by atoms with Crippen molar-refractivity contribution in [3.05, 3.63) is 26.6 Å². The van der Waals surface area contributed by atoms with E-state index in [9.17, 15) is 4.79 Å². The summed E-state index contributed by atoms with van der Waals surface area (Å²) in [6.07, 6.45) is 0. The largest absolute Gasteiger partial charge is 0.481 e. The summed E-state index contributed by atoms with van der Waals surface area (Å²) in [6.45, 7) is 8.62. The Morgan fingerprint density at radius 2 is 1.90 bits per heavy atom. The number of likely N-dealkylation sites (N-methyl/N-ethyl adjacent to an activating group) is 1. The van der Waals surface area contributed by atoms with E-state index in [1.165, 1.54) is 0 Å². The number of ether oxygens (including phenoxy) is 1. The first-order valence-corrected chi connectivity index (χ1v) is 8.60. The highest BCUT2D eigenvalue weighted by Crippen LogP contribution is 2.34. The number of nitrogens with one attached hydrogen (secondary N) is 2. The molecule has 0 bridgehead atoms. The normalized spacial score (nSPS) is 10.8. The molecule has 1 aromatic rings. The Morgan fingerprint density at radius 1 is 1.29 bits per heavy atom. The predicted octanol–water partition coefficient (Wildman–Crippen LogP) is 3.47. The van der Waals surface area contributed by atoms with E-state index in [-0.39, 0.29) is 12.5 Å². The second-order valence-electron chi connectivity index (χ2n) is 5.16. The molecule has 0 radical (unpaired) electrons. The molecule has 21 heavy (non-hydrogen) atoms. The van der Waals surface area contributed by atoms with Gasteiger partial charge in [0.1, 0.15) is 5.75 Å². The molecular weight excluding hydrogens is 400 g/mol. The number of rotatable bonds is 8. The summed E-state index contributed by atoms with van der Waals surface area (Å²) in [7, 11) is 0. The van der Waals surface area contributed by atoms with E-state index in [1.807, 2.05) is 19.1 Å². The van der Waals surface area contributed by atoms with Crippen molar-refractivity contribution >= 4 is 37.8 Å². The molecule has 0 aliphatic carbocycles. The van der Waals surface area contributed by atoms with Gasteiger partial charge < -0.3 is 15.4 Å². The van der Waals surface area contributed by atoms with Gasteiger partial charge in [-0.3, -0.25) is 4.79 Å². The Hall–Kier alpha value is -0.590. The maximum Gasteiger partial charge on any atom is 0.257 e. The van der Waals surface area contributed by atoms with Crippen molar-refractivity contribution in [1.82, 2.24) is 10.6 Å². The van der Waals surface area contributed by atoms with Crippen LogP contribution in [-0.2, 0) is 11.3 Å². The van der Waals surface area contributed by atoms with Gasteiger partial charge in [-0.1, -0.05) is 13.8 Å². The summed E-state index contributed by atoms with van der Waals surface area (Å²) >= 11 is 6.99. The van der Waals surface area contributed by atoms with Crippen LogP contribution in [0, 0.1) is 5.92 Å². The van der Waals surface area contributed by atoms with Crippen LogP contribution in [0.1, 0.15) is 26.3 Å². The fraction of sp³-hybridized carbons (Fsp3) is 0.533. The Morgan fingerprint density at radius 3 is 2.43 bits per heavy atom. The summed E-state index contributed by atoms with van der Waals surface area (Å²) in [4.78, 5) is 11.4. The highest BCUT2D eigenvalue weighted by atomic mass is 79.9. The fourth-order valence-electron chi connectivity index (χ4n) is 1.74. The van der Waals surface area contributed by atoms with Gasteiger partial charge in [-0.25, -0.2) is 0 Å². The lowest BCUT2D eigenvalue weighted by Crippen LogP contribution is -2.28. The molecule has 6 heteroatoms. The van der Waals surface area contributed by atoms with E-state index >= 15 is 0 Å². The zero-order chi connectivity index (χ0) is 15.8. The number of carbonyl (C=O) groups excluding carboxylic acids is 1. The first-order valence-electron chi connectivity index (χ1n) is 7.02. The van der Waals surface area contributed by atoms with Crippen molar-refractivity contribution < 1.29 is 9.53 Å². The summed E-state index contributed by atoms with van der Waals surface area (Å²) in [5.74, 6) is 1.14. The van der Waals surface area contributed by atoms with Crippen LogP contribution in [0.5, 0.6) is 5.75 Å². The molecule has 0 aromatic heterocycles. The number of halogens is 2. The molecule has 118 valence electrons. The van der Waals surface area contributed by atoms with E-state index < -0.39 is 0 Å². The quantitative estimate of drug-likeness (QED) is 0.675. The van der Waals surface area contributed by atoms with Crippen LogP contribution in [0.15, 0.2) is 21.1 Å². The van der Waals surface area contributed by atoms with Crippen molar-refractivity contribution in [2.75, 3.05) is 19.7 Å². The third-order valence-corrected chi connectivity index (χ3v) is 3.84. The minimum Gasteiger partial charge on any atom is -0.481 e. The number of benzene rings is 1. The Balaban J connectivity index is 2.64. The molecule has 4 nitrogen and oxygen atoms in total. The third kappa shape index (κ3) is 6.80. The fourth-order valence-corrected chi connectivity index (χ4v) is 3.25. The summed E-state index contributed by atoms with van der Waals surface area (Å²) in [5, 5.41) is 6.10. The molecule has 0 aliphatic rings. The molecule has 0 fully saturated rings. The van der Waals surface area contributed by atoms with Gasteiger partial charge in [0.25, 0.3) is 5.91 Å². The van der Waals surface area contributed by atoms with Gasteiger partial charge >= 0.3 is 0 Å². The van der Waals surface area contributed by atoms with E-state index in [2.05, 4.69) is 56.3 Å². The van der Waals surface area contributed by atoms with Crippen molar-refractivity contribution in [2.24, 2.45) is 5.92 Å². The van der Waals surface area contributed by atoms with Crippen LogP contribution in [0.25, 0.3) is 0 Å². The van der Waals surface area contributed by atoms with Crippen molar-refractivity contribution in [3.8, 4) is 5.75 Å². The molecule has 1 amide bonds. The Bertz CT molecular complexity index is 456. The maximum atomic E-state index is 11.4. The van der Waals surface area contributed by atoms with Gasteiger partial charge in [0.2, 0.25) is 0 Å². The van der Waals surface area contributed by atoms with E-state index in [0.29, 0.717) is 18.2 Å². The van der Waals surface area contributed by atoms with Crippen LogP contribution in [-0.4, -0.2) is 25.6 Å². The third-order valence-electron chi connectivity index (χ3n) is 2.66. The maximum absolute atomic E-state index is 11.4. The lowest BCUT2D eigenvalue weighted by molar-refractivity contribution is -0.123. The van der Waals surface area contributed by atoms with Crippen LogP contribution < -0.4 is 15.4 Å². The van der Waals surface area contributed by atoms with Gasteiger partial charge in [-0.2, -0.15) is 0 Å². The summed E-state index contributed by atoms with van der Waals surface area (Å²) in [6, 6.07) is 4.01. The SMILES string of the molecule is CCNC(=O)COc1c(Br)cc(CNCC(C)C)cc1Br. The molecule has 1 rings (SSSR count). The first-order chi connectivity index (χ1) is 9.93. The van der Waals surface area contributed by atoms with Gasteiger partial charge in [-0.05, 0) is 68.9 Å². The van der Waals surface area contributed by atoms with Crippen molar-refractivity contribution in [2.45, 2.75) is 27.3 Å². The Labute approximate surface area is 143 Å². The summed E-state index contributed by atoms with van der Waals surface area (Å²) in [5.41, 5.74) is 1.15. The van der Waals surface area contributed by atoms with E-state index in [1.54, 1.807) is 0 Å². The lowest BCUT2D eigenvalue weighted by Gasteiger charge is -2.13. The lowest BCUT2D eigenvalue weighted by atomic mass is 10.2. The molecule has 0 saturated carbocycles. The molecule has 1 aromatic carbocycles. The number of hydrogen-bond donors (Lipinski definition) is 2.